The number of esters is 1. The molecular weight excluding hydrogens is 1180 g/mol. The molecule has 22 N–H and O–H groups in total. The van der Waals surface area contributed by atoms with Crippen molar-refractivity contribution in [2.75, 3.05) is 19.7 Å². The highest BCUT2D eigenvalue weighted by atomic mass is 16.5. The van der Waals surface area contributed by atoms with Gasteiger partial charge >= 0.3 is 5.97 Å². The zero-order chi connectivity index (χ0) is 68.4. The Balaban J connectivity index is 3.13. The Morgan fingerprint density at radius 1 is 0.644 bits per heavy atom. The van der Waals surface area contributed by atoms with Crippen LogP contribution >= 0.6 is 0 Å². The Morgan fingerprint density at radius 2 is 1.19 bits per heavy atom. The van der Waals surface area contributed by atoms with Crippen LogP contribution < -0.4 is 76.1 Å². The van der Waals surface area contributed by atoms with Crippen LogP contribution in [-0.4, -0.2) is 196 Å². The number of nitrogens with two attached hydrogens (primary N) is 4. The van der Waals surface area contributed by atoms with Gasteiger partial charge in [0.25, 0.3) is 0 Å². The predicted molar refractivity (Wildman–Crippen MR) is 326 cm³/mol. The SMILES string of the molecule is CC[C@H](C)[C@@H]1NC(=O)[C@@H](CCCN=C(N)N)NC(=O)[C@H](CC(C)C)NC(=O)[C@H]([C@H](O)C(C)C)NC(=O)[C@@H](NC(=O)C(CC(C)C)NC(=O)C(N)CC(C)C)[C@@H](c2ccccc2)OC(=O)[C@H](CO)NC(=O)[C@H]([C@H](O)C(N)=O)NC(=O)CNC(=O)[C@H]([C@H](C)O)NC1=O. The lowest BCUT2D eigenvalue weighted by molar-refractivity contribution is -0.159. The lowest BCUT2D eigenvalue weighted by Gasteiger charge is -2.34. The molecule has 1 aliphatic heterocycles. The number of ether oxygens (including phenoxy) is 1. The number of hydrogen-bond acceptors (Lipinski definition) is 19. The van der Waals surface area contributed by atoms with Crippen LogP contribution in [-0.2, 0) is 62.3 Å². The Morgan fingerprint density at radius 3 is 1.72 bits per heavy atom. The molecular formula is C58H97N15O17. The molecule has 0 aromatic heterocycles. The fraction of sp³-hybridized carbons (Fsp3) is 0.672. The minimum atomic E-state index is -2.57. The average Bonchev–Trinajstić information content (AvgIpc) is 1.47. The quantitative estimate of drug-likeness (QED) is 0.0210. The van der Waals surface area contributed by atoms with E-state index < -0.39 is 181 Å². The lowest BCUT2D eigenvalue weighted by atomic mass is 9.95. The summed E-state index contributed by atoms with van der Waals surface area (Å²) < 4.78 is 5.92. The number of aliphatic hydroxyl groups excluding tert-OH is 4. The van der Waals surface area contributed by atoms with Gasteiger partial charge < -0.3 is 101 Å². The molecule has 1 aromatic rings. The topological polar surface area (TPSA) is 532 Å². The maximum Gasteiger partial charge on any atom is 0.331 e. The number of hydrogen-bond donors (Lipinski definition) is 18. The number of primary amides is 1. The fourth-order valence-corrected chi connectivity index (χ4v) is 9.25. The smallest absolute Gasteiger partial charge is 0.331 e. The van der Waals surface area contributed by atoms with Crippen molar-refractivity contribution in [3.05, 3.63) is 35.9 Å². The van der Waals surface area contributed by atoms with Gasteiger partial charge in [0.2, 0.25) is 65.0 Å². The molecule has 0 aliphatic carbocycles. The molecule has 2 unspecified atom stereocenters. The van der Waals surface area contributed by atoms with Gasteiger partial charge in [-0.2, -0.15) is 0 Å². The number of nitrogens with zero attached hydrogens (tertiary/aromatic N) is 1. The number of cyclic esters (lactones) is 1. The predicted octanol–water partition coefficient (Wildman–Crippen LogP) is -5.43. The summed E-state index contributed by atoms with van der Waals surface area (Å²) in [5.74, 6) is -17.2. The number of carbonyl (C=O) groups excluding carboxylic acids is 12. The van der Waals surface area contributed by atoms with E-state index in [2.05, 4.69) is 47.5 Å². The lowest BCUT2D eigenvalue weighted by Crippen LogP contribution is -2.64. The summed E-state index contributed by atoms with van der Waals surface area (Å²) in [6, 6.07) is -10.7. The van der Waals surface area contributed by atoms with Crippen LogP contribution in [0.5, 0.6) is 0 Å². The molecule has 1 fully saturated rings. The standard InChI is InChI=1S/C58H97N15O17/c1-12-30(10)39-53(85)71-40(31(11)75)52(84)64-24-38(76)69-42(45(78)47(60)79)55(87)68-37(25-74)57(89)90-46(32-17-14-13-15-18-32)43(73-51(83)36(23-28(6)7)66-48(80)33(59)21-26(2)3)56(88)72-41(44(77)29(8)9)54(86)67-35(22-27(4)5)50(82)65-34(49(81)70-39)19-16-20-63-58(61)62/h13-15,17-18,26-31,33-37,39-46,74-75,77-78H,12,16,19-25,59H2,1-11H3,(H2,60,79)(H,64,84)(H,65,82)(H,66,80)(H,67,86)(H,68,87)(H,69,76)(H,70,81)(H,71,85)(H,72,88)(H,73,83)(H4,61,62,63)/t30-,31-,33?,34+,35-,36?,37-,39-,40-,41-,42-,43-,44+,45-,46+/m0/s1. The van der Waals surface area contributed by atoms with Crippen LogP contribution in [0.1, 0.15) is 126 Å². The van der Waals surface area contributed by atoms with E-state index in [4.69, 9.17) is 27.7 Å². The van der Waals surface area contributed by atoms with Crippen LogP contribution in [0.4, 0.5) is 0 Å². The van der Waals surface area contributed by atoms with Gasteiger partial charge in [-0.3, -0.25) is 57.7 Å². The summed E-state index contributed by atoms with van der Waals surface area (Å²) in [6.45, 7) is 15.3. The maximum absolute atomic E-state index is 15.3. The first-order chi connectivity index (χ1) is 42.0. The third-order valence-corrected chi connectivity index (χ3v) is 14.4. The largest absolute Gasteiger partial charge is 0.453 e. The molecule has 1 aliphatic rings. The Hall–Kier alpha value is -8.07. The molecule has 32 heteroatoms. The van der Waals surface area contributed by atoms with Gasteiger partial charge in [0.1, 0.15) is 48.3 Å². The minimum Gasteiger partial charge on any atom is -0.453 e. The van der Waals surface area contributed by atoms with Crippen molar-refractivity contribution >= 4 is 76.9 Å². The van der Waals surface area contributed by atoms with E-state index in [-0.39, 0.29) is 74.3 Å². The van der Waals surface area contributed by atoms with E-state index in [1.807, 2.05) is 24.5 Å². The molecule has 15 atom stereocenters. The normalized spacial score (nSPS) is 24.7. The van der Waals surface area contributed by atoms with Crippen molar-refractivity contribution in [3.8, 4) is 0 Å². The van der Waals surface area contributed by atoms with Crippen molar-refractivity contribution < 1.29 is 82.7 Å². The van der Waals surface area contributed by atoms with Gasteiger partial charge in [-0.15, -0.1) is 0 Å². The highest BCUT2D eigenvalue weighted by molar-refractivity contribution is 6.00. The molecule has 1 aromatic carbocycles. The number of benzene rings is 1. The molecule has 506 valence electrons. The van der Waals surface area contributed by atoms with Crippen molar-refractivity contribution in [2.24, 2.45) is 57.5 Å². The fourth-order valence-electron chi connectivity index (χ4n) is 9.25. The number of nitrogens with one attached hydrogen (secondary N) is 10. The van der Waals surface area contributed by atoms with E-state index in [1.54, 1.807) is 41.5 Å². The second-order valence-electron chi connectivity index (χ2n) is 24.1. The van der Waals surface area contributed by atoms with E-state index in [9.17, 15) is 73.2 Å². The number of guanidine groups is 1. The van der Waals surface area contributed by atoms with Gasteiger partial charge in [0.05, 0.1) is 31.4 Å². The Kier molecular flexibility index (Phi) is 32.8. The summed E-state index contributed by atoms with van der Waals surface area (Å²) in [5.41, 5.74) is 22.6. The number of aliphatic imine (C=N–C) groups is 1. The minimum absolute atomic E-state index is 0.0466. The summed E-state index contributed by atoms with van der Waals surface area (Å²) in [5, 5.41) is 68.0. The second-order valence-corrected chi connectivity index (χ2v) is 24.1. The second kappa shape index (κ2) is 37.8. The zero-order valence-corrected chi connectivity index (χ0v) is 53.1. The van der Waals surface area contributed by atoms with E-state index >= 15 is 4.79 Å². The van der Waals surface area contributed by atoms with E-state index in [0.717, 1.165) is 6.92 Å². The molecule has 0 radical (unpaired) electrons. The van der Waals surface area contributed by atoms with Crippen molar-refractivity contribution in [1.82, 2.24) is 53.2 Å². The summed E-state index contributed by atoms with van der Waals surface area (Å²) in [4.78, 5) is 174. The zero-order valence-electron chi connectivity index (χ0n) is 53.1. The van der Waals surface area contributed by atoms with Gasteiger partial charge in [-0.1, -0.05) is 106 Å². The maximum atomic E-state index is 15.3. The van der Waals surface area contributed by atoms with Crippen molar-refractivity contribution in [2.45, 2.75) is 200 Å². The summed E-state index contributed by atoms with van der Waals surface area (Å²) in [6.07, 6.45) is -8.04. The first kappa shape index (κ1) is 78.0. The van der Waals surface area contributed by atoms with Gasteiger partial charge in [-0.05, 0) is 74.2 Å². The van der Waals surface area contributed by atoms with Crippen LogP contribution in [0.2, 0.25) is 0 Å². The molecule has 0 bridgehead atoms. The monoisotopic (exact) mass is 1280 g/mol. The third-order valence-electron chi connectivity index (χ3n) is 14.4. The Bertz CT molecular complexity index is 2640. The van der Waals surface area contributed by atoms with E-state index in [1.165, 1.54) is 44.2 Å². The third kappa shape index (κ3) is 25.4. The molecule has 0 spiro atoms. The molecule has 90 heavy (non-hydrogen) atoms. The van der Waals surface area contributed by atoms with Crippen molar-refractivity contribution in [1.29, 1.82) is 0 Å². The average molecular weight is 1280 g/mol. The molecule has 1 heterocycles. The van der Waals surface area contributed by atoms with Crippen LogP contribution in [0.25, 0.3) is 0 Å². The summed E-state index contributed by atoms with van der Waals surface area (Å²) >= 11 is 0. The molecule has 0 saturated carbocycles. The van der Waals surface area contributed by atoms with E-state index in [0.29, 0.717) is 0 Å². The molecule has 1 saturated heterocycles. The van der Waals surface area contributed by atoms with Crippen LogP contribution in [0.3, 0.4) is 0 Å². The van der Waals surface area contributed by atoms with Gasteiger partial charge in [-0.25, -0.2) is 4.79 Å². The number of carbonyl (C=O) groups is 12. The highest BCUT2D eigenvalue weighted by Gasteiger charge is 2.44. The Labute approximate surface area is 523 Å². The van der Waals surface area contributed by atoms with Gasteiger partial charge in [0.15, 0.2) is 24.2 Å². The van der Waals surface area contributed by atoms with Crippen LogP contribution in [0, 0.1) is 29.6 Å². The first-order valence-electron chi connectivity index (χ1n) is 30.1. The summed E-state index contributed by atoms with van der Waals surface area (Å²) in [7, 11) is 0. The highest BCUT2D eigenvalue weighted by Crippen LogP contribution is 2.25. The van der Waals surface area contributed by atoms with Crippen molar-refractivity contribution in [3.63, 3.8) is 0 Å². The number of rotatable bonds is 23. The number of aliphatic hydroxyl groups is 4. The number of amides is 11. The van der Waals surface area contributed by atoms with Gasteiger partial charge in [0, 0.05) is 6.54 Å². The molecule has 11 amide bonds. The molecule has 2 rings (SSSR count). The first-order valence-corrected chi connectivity index (χ1v) is 30.1. The van der Waals surface area contributed by atoms with Crippen LogP contribution in [0.15, 0.2) is 35.3 Å². The molecule has 32 nitrogen and oxygen atoms in total.